The standard InChI is InChI=1S/C11H14FNO/c1-3-6-14-9-4-5-10(8(2)13)11(12)7-9/h3-5,7-8H,1,6,13H2,2H3/t8-/m1/s1. The molecule has 0 aliphatic heterocycles. The molecule has 14 heavy (non-hydrogen) atoms. The monoisotopic (exact) mass is 195 g/mol. The van der Waals surface area contributed by atoms with Crippen LogP contribution < -0.4 is 10.5 Å². The Labute approximate surface area is 83.2 Å². The van der Waals surface area contributed by atoms with Crippen molar-refractivity contribution in [3.05, 3.63) is 42.2 Å². The molecule has 0 saturated carbocycles. The predicted molar refractivity (Wildman–Crippen MR) is 54.7 cm³/mol. The number of hydrogen-bond acceptors (Lipinski definition) is 2. The number of hydrogen-bond donors (Lipinski definition) is 1. The van der Waals surface area contributed by atoms with Crippen molar-refractivity contribution in [2.75, 3.05) is 6.61 Å². The van der Waals surface area contributed by atoms with Gasteiger partial charge in [0.05, 0.1) is 0 Å². The number of ether oxygens (including phenoxy) is 1. The summed E-state index contributed by atoms with van der Waals surface area (Å²) in [6, 6.07) is 4.37. The van der Waals surface area contributed by atoms with Gasteiger partial charge in [0, 0.05) is 17.7 Å². The van der Waals surface area contributed by atoms with E-state index in [1.54, 1.807) is 25.1 Å². The first-order valence-electron chi connectivity index (χ1n) is 4.44. The molecule has 0 bridgehead atoms. The molecule has 3 heteroatoms. The van der Waals surface area contributed by atoms with Gasteiger partial charge >= 0.3 is 0 Å². The molecule has 0 spiro atoms. The summed E-state index contributed by atoms with van der Waals surface area (Å²) in [5.41, 5.74) is 6.06. The van der Waals surface area contributed by atoms with E-state index in [9.17, 15) is 4.39 Å². The van der Waals surface area contributed by atoms with Crippen LogP contribution in [-0.4, -0.2) is 6.61 Å². The second kappa shape index (κ2) is 4.77. The minimum Gasteiger partial charge on any atom is -0.489 e. The Balaban J connectivity index is 2.83. The van der Waals surface area contributed by atoms with E-state index in [0.29, 0.717) is 17.9 Å². The lowest BCUT2D eigenvalue weighted by Gasteiger charge is -2.09. The summed E-state index contributed by atoms with van der Waals surface area (Å²) in [6.45, 7) is 5.62. The van der Waals surface area contributed by atoms with Crippen molar-refractivity contribution in [1.29, 1.82) is 0 Å². The summed E-state index contributed by atoms with van der Waals surface area (Å²) in [7, 11) is 0. The van der Waals surface area contributed by atoms with E-state index in [0.717, 1.165) is 0 Å². The highest BCUT2D eigenvalue weighted by Crippen LogP contribution is 2.20. The van der Waals surface area contributed by atoms with Gasteiger partial charge in [-0.1, -0.05) is 18.7 Å². The topological polar surface area (TPSA) is 35.2 Å². The molecular weight excluding hydrogens is 181 g/mol. The molecular formula is C11H14FNO. The van der Waals surface area contributed by atoms with Crippen molar-refractivity contribution < 1.29 is 9.13 Å². The smallest absolute Gasteiger partial charge is 0.131 e. The predicted octanol–water partition coefficient (Wildman–Crippen LogP) is 2.41. The summed E-state index contributed by atoms with van der Waals surface area (Å²) < 4.78 is 18.5. The number of rotatable bonds is 4. The van der Waals surface area contributed by atoms with Crippen LogP contribution in [0.5, 0.6) is 5.75 Å². The van der Waals surface area contributed by atoms with Crippen molar-refractivity contribution in [2.24, 2.45) is 5.73 Å². The van der Waals surface area contributed by atoms with Crippen molar-refractivity contribution in [2.45, 2.75) is 13.0 Å². The Morgan fingerprint density at radius 3 is 2.86 bits per heavy atom. The van der Waals surface area contributed by atoms with Crippen molar-refractivity contribution in [3.8, 4) is 5.75 Å². The first-order valence-corrected chi connectivity index (χ1v) is 4.44. The van der Waals surface area contributed by atoms with Crippen molar-refractivity contribution in [3.63, 3.8) is 0 Å². The average molecular weight is 195 g/mol. The van der Waals surface area contributed by atoms with Crippen LogP contribution in [0.1, 0.15) is 18.5 Å². The summed E-state index contributed by atoms with van der Waals surface area (Å²) in [6.07, 6.45) is 1.61. The highest BCUT2D eigenvalue weighted by atomic mass is 19.1. The third-order valence-electron chi connectivity index (χ3n) is 1.83. The van der Waals surface area contributed by atoms with E-state index in [2.05, 4.69) is 6.58 Å². The van der Waals surface area contributed by atoms with Gasteiger partial charge in [0.2, 0.25) is 0 Å². The molecule has 0 fully saturated rings. The first-order chi connectivity index (χ1) is 6.65. The van der Waals surface area contributed by atoms with E-state index in [4.69, 9.17) is 10.5 Å². The second-order valence-corrected chi connectivity index (χ2v) is 3.07. The zero-order valence-electron chi connectivity index (χ0n) is 8.16. The van der Waals surface area contributed by atoms with E-state index in [-0.39, 0.29) is 11.9 Å². The SMILES string of the molecule is C=CCOc1ccc([C@@H](C)N)c(F)c1. The zero-order chi connectivity index (χ0) is 10.6. The molecule has 0 heterocycles. The van der Waals surface area contributed by atoms with Crippen LogP contribution in [-0.2, 0) is 0 Å². The van der Waals surface area contributed by atoms with Crippen LogP contribution in [0.15, 0.2) is 30.9 Å². The van der Waals surface area contributed by atoms with Gasteiger partial charge in [0.1, 0.15) is 18.2 Å². The second-order valence-electron chi connectivity index (χ2n) is 3.07. The van der Waals surface area contributed by atoms with Gasteiger partial charge in [-0.3, -0.25) is 0 Å². The average Bonchev–Trinajstić information content (AvgIpc) is 2.14. The van der Waals surface area contributed by atoms with Crippen LogP contribution in [0, 0.1) is 5.82 Å². The fourth-order valence-electron chi connectivity index (χ4n) is 1.12. The fourth-order valence-corrected chi connectivity index (χ4v) is 1.12. The zero-order valence-corrected chi connectivity index (χ0v) is 8.16. The largest absolute Gasteiger partial charge is 0.489 e. The molecule has 1 atom stereocenters. The highest BCUT2D eigenvalue weighted by Gasteiger charge is 2.07. The summed E-state index contributed by atoms with van der Waals surface area (Å²) in [5, 5.41) is 0. The minimum absolute atomic E-state index is 0.302. The van der Waals surface area contributed by atoms with Crippen LogP contribution in [0.3, 0.4) is 0 Å². The molecule has 2 nitrogen and oxygen atoms in total. The van der Waals surface area contributed by atoms with Gasteiger partial charge < -0.3 is 10.5 Å². The molecule has 0 aliphatic carbocycles. The summed E-state index contributed by atoms with van der Waals surface area (Å²) in [4.78, 5) is 0. The van der Waals surface area contributed by atoms with E-state index < -0.39 is 0 Å². The van der Waals surface area contributed by atoms with E-state index in [1.165, 1.54) is 6.07 Å². The van der Waals surface area contributed by atoms with Gasteiger partial charge in [0.15, 0.2) is 0 Å². The van der Waals surface area contributed by atoms with Gasteiger partial charge in [-0.15, -0.1) is 0 Å². The molecule has 0 amide bonds. The number of benzene rings is 1. The van der Waals surface area contributed by atoms with E-state index in [1.807, 2.05) is 0 Å². The fraction of sp³-hybridized carbons (Fsp3) is 0.273. The highest BCUT2D eigenvalue weighted by molar-refractivity contribution is 5.30. The Morgan fingerprint density at radius 1 is 1.64 bits per heavy atom. The first kappa shape index (κ1) is 10.7. The third kappa shape index (κ3) is 2.57. The van der Waals surface area contributed by atoms with Crippen LogP contribution in [0.25, 0.3) is 0 Å². The Kier molecular flexibility index (Phi) is 3.65. The molecule has 0 aliphatic rings. The van der Waals surface area contributed by atoms with Crippen LogP contribution in [0.2, 0.25) is 0 Å². The molecule has 76 valence electrons. The van der Waals surface area contributed by atoms with Gasteiger partial charge in [-0.2, -0.15) is 0 Å². The summed E-state index contributed by atoms with van der Waals surface area (Å²) >= 11 is 0. The van der Waals surface area contributed by atoms with Crippen molar-refractivity contribution >= 4 is 0 Å². The van der Waals surface area contributed by atoms with Gasteiger partial charge in [-0.05, 0) is 13.0 Å². The molecule has 1 rings (SSSR count). The number of nitrogens with two attached hydrogens (primary N) is 1. The van der Waals surface area contributed by atoms with Crippen molar-refractivity contribution in [1.82, 2.24) is 0 Å². The lowest BCUT2D eigenvalue weighted by Crippen LogP contribution is -2.07. The molecule has 1 aromatic carbocycles. The Hall–Kier alpha value is -1.35. The molecule has 0 saturated heterocycles. The lowest BCUT2D eigenvalue weighted by molar-refractivity contribution is 0.360. The quantitative estimate of drug-likeness (QED) is 0.749. The maximum Gasteiger partial charge on any atom is 0.131 e. The third-order valence-corrected chi connectivity index (χ3v) is 1.83. The molecule has 0 aromatic heterocycles. The molecule has 1 aromatic rings. The Bertz CT molecular complexity index is 323. The molecule has 0 unspecified atom stereocenters. The van der Waals surface area contributed by atoms with Crippen LogP contribution >= 0.6 is 0 Å². The Morgan fingerprint density at radius 2 is 2.36 bits per heavy atom. The van der Waals surface area contributed by atoms with Gasteiger partial charge in [-0.25, -0.2) is 4.39 Å². The molecule has 2 N–H and O–H groups in total. The van der Waals surface area contributed by atoms with Crippen LogP contribution in [0.4, 0.5) is 4.39 Å². The molecule has 0 radical (unpaired) electrons. The van der Waals surface area contributed by atoms with E-state index >= 15 is 0 Å². The normalized spacial score (nSPS) is 12.2. The maximum absolute atomic E-state index is 13.3. The maximum atomic E-state index is 13.3. The lowest BCUT2D eigenvalue weighted by atomic mass is 10.1. The van der Waals surface area contributed by atoms with Gasteiger partial charge in [0.25, 0.3) is 0 Å². The number of halogens is 1. The minimum atomic E-state index is -0.332. The summed E-state index contributed by atoms with van der Waals surface area (Å²) in [5.74, 6) is 0.161.